The van der Waals surface area contributed by atoms with Gasteiger partial charge in [0.1, 0.15) is 5.69 Å². The minimum absolute atomic E-state index is 0.0196. The second-order valence-electron chi connectivity index (χ2n) is 5.80. The summed E-state index contributed by atoms with van der Waals surface area (Å²) in [5, 5.41) is 15.4. The molecule has 1 aliphatic heterocycles. The lowest BCUT2D eigenvalue weighted by molar-refractivity contribution is 0.0133. The van der Waals surface area contributed by atoms with Crippen molar-refractivity contribution in [2.75, 3.05) is 19.8 Å². The molecule has 0 aliphatic carbocycles. The number of aromatic nitrogens is 2. The van der Waals surface area contributed by atoms with E-state index in [1.165, 1.54) is 24.5 Å². The van der Waals surface area contributed by atoms with Crippen molar-refractivity contribution in [1.29, 1.82) is 0 Å². The molecule has 1 amide bonds. The molecule has 26 heavy (non-hydrogen) atoms. The van der Waals surface area contributed by atoms with Gasteiger partial charge >= 0.3 is 6.09 Å². The van der Waals surface area contributed by atoms with Gasteiger partial charge in [0.2, 0.25) is 5.82 Å². The fraction of sp³-hybridized carbons (Fsp3) is 0.375. The first kappa shape index (κ1) is 18.4. The summed E-state index contributed by atoms with van der Waals surface area (Å²) < 4.78 is 40.4. The van der Waals surface area contributed by atoms with E-state index in [0.717, 1.165) is 4.68 Å². The van der Waals surface area contributed by atoms with E-state index in [0.29, 0.717) is 18.1 Å². The molecule has 2 N–H and O–H groups in total. The van der Waals surface area contributed by atoms with E-state index < -0.39 is 17.7 Å². The van der Waals surface area contributed by atoms with E-state index in [4.69, 9.17) is 26.2 Å². The molecule has 2 atom stereocenters. The van der Waals surface area contributed by atoms with E-state index in [2.05, 4.69) is 10.4 Å². The average molecular weight is 388 g/mol. The molecule has 0 unspecified atom stereocenters. The van der Waals surface area contributed by atoms with E-state index in [1.54, 1.807) is 0 Å². The number of ether oxygens (including phenoxy) is 2. The third-order valence-electron chi connectivity index (χ3n) is 4.06. The van der Waals surface area contributed by atoms with Gasteiger partial charge in [-0.25, -0.2) is 13.9 Å². The summed E-state index contributed by atoms with van der Waals surface area (Å²) in [4.78, 5) is 10.8. The predicted molar refractivity (Wildman–Crippen MR) is 87.9 cm³/mol. The van der Waals surface area contributed by atoms with E-state index in [-0.39, 0.29) is 36.6 Å². The van der Waals surface area contributed by atoms with Crippen LogP contribution in [0.15, 0.2) is 24.5 Å². The van der Waals surface area contributed by atoms with Gasteiger partial charge < -0.3 is 19.9 Å². The minimum atomic E-state index is -1.16. The number of carboxylic acid groups (broad SMARTS) is 1. The fourth-order valence-corrected chi connectivity index (χ4v) is 2.89. The fourth-order valence-electron chi connectivity index (χ4n) is 2.75. The van der Waals surface area contributed by atoms with Crippen LogP contribution in [0.3, 0.4) is 0 Å². The van der Waals surface area contributed by atoms with Crippen LogP contribution in [0.1, 0.15) is 6.42 Å². The van der Waals surface area contributed by atoms with Crippen LogP contribution in [0.2, 0.25) is 5.02 Å². The molecular formula is C16H16ClF2N3O4. The van der Waals surface area contributed by atoms with Crippen LogP contribution in [0.4, 0.5) is 13.6 Å². The number of hydrogen-bond acceptors (Lipinski definition) is 4. The Labute approximate surface area is 152 Å². The maximum Gasteiger partial charge on any atom is 0.404 e. The second kappa shape index (κ2) is 7.88. The Morgan fingerprint density at radius 1 is 1.46 bits per heavy atom. The van der Waals surface area contributed by atoms with Gasteiger partial charge in [-0.15, -0.1) is 0 Å². The third kappa shape index (κ3) is 4.05. The number of carbonyl (C=O) groups is 1. The highest BCUT2D eigenvalue weighted by atomic mass is 35.5. The lowest BCUT2D eigenvalue weighted by atomic mass is 9.97. The Balaban J connectivity index is 1.72. The second-order valence-corrected chi connectivity index (χ2v) is 6.24. The van der Waals surface area contributed by atoms with Crippen LogP contribution < -0.4 is 10.1 Å². The van der Waals surface area contributed by atoms with Crippen molar-refractivity contribution in [3.05, 3.63) is 41.2 Å². The molecule has 0 saturated carbocycles. The first-order valence-electron chi connectivity index (χ1n) is 7.84. The number of benzene rings is 1. The minimum Gasteiger partial charge on any atom is -0.490 e. The largest absolute Gasteiger partial charge is 0.490 e. The monoisotopic (exact) mass is 387 g/mol. The van der Waals surface area contributed by atoms with Crippen LogP contribution >= 0.6 is 11.6 Å². The number of hydrogen-bond donors (Lipinski definition) is 2. The molecule has 3 rings (SSSR count). The molecule has 2 heterocycles. The normalized spacial score (nSPS) is 20.0. The van der Waals surface area contributed by atoms with Crippen LogP contribution in [-0.2, 0) is 4.74 Å². The molecule has 1 fully saturated rings. The maximum atomic E-state index is 14.3. The van der Waals surface area contributed by atoms with Crippen molar-refractivity contribution in [1.82, 2.24) is 15.1 Å². The highest BCUT2D eigenvalue weighted by molar-refractivity contribution is 6.30. The molecule has 140 valence electrons. The first-order valence-corrected chi connectivity index (χ1v) is 8.22. The summed E-state index contributed by atoms with van der Waals surface area (Å²) in [5.41, 5.74) is -0.104. The molecule has 2 aromatic rings. The third-order valence-corrected chi connectivity index (χ3v) is 4.26. The number of nitrogens with zero attached hydrogens (tertiary/aromatic N) is 2. The van der Waals surface area contributed by atoms with Gasteiger partial charge in [-0.05, 0) is 18.6 Å². The molecule has 1 aliphatic rings. The predicted octanol–water partition coefficient (Wildman–Crippen LogP) is 2.86. The van der Waals surface area contributed by atoms with Crippen molar-refractivity contribution in [3.63, 3.8) is 0 Å². The standard InChI is InChI=1S/C16H16ClF2N3O4/c17-10-5-20-22(6-10)12-1-2-13(15(19)14(12)18)26-8-9-7-25-4-3-11(9)21-16(23)24/h1-2,5-6,9,11,21H,3-4,7-8H2,(H,23,24)/t9-,11+/m1/s1. The van der Waals surface area contributed by atoms with Crippen molar-refractivity contribution in [2.24, 2.45) is 5.92 Å². The van der Waals surface area contributed by atoms with Gasteiger partial charge in [0.25, 0.3) is 0 Å². The molecule has 7 nitrogen and oxygen atoms in total. The summed E-state index contributed by atoms with van der Waals surface area (Å²) in [6.45, 7) is 0.665. The molecule has 1 aromatic heterocycles. The van der Waals surface area contributed by atoms with Gasteiger partial charge in [0.15, 0.2) is 11.6 Å². The zero-order chi connectivity index (χ0) is 18.7. The van der Waals surface area contributed by atoms with E-state index in [9.17, 15) is 13.6 Å². The van der Waals surface area contributed by atoms with Crippen LogP contribution in [0.25, 0.3) is 5.69 Å². The van der Waals surface area contributed by atoms with Crippen molar-refractivity contribution < 1.29 is 28.2 Å². The summed E-state index contributed by atoms with van der Waals surface area (Å²) in [7, 11) is 0. The van der Waals surface area contributed by atoms with Crippen LogP contribution in [-0.4, -0.2) is 46.8 Å². The van der Waals surface area contributed by atoms with Gasteiger partial charge in [0, 0.05) is 24.8 Å². The molecule has 10 heteroatoms. The van der Waals surface area contributed by atoms with E-state index in [1.807, 2.05) is 0 Å². The first-order chi connectivity index (χ1) is 12.5. The average Bonchev–Trinajstić information content (AvgIpc) is 3.03. The zero-order valence-corrected chi connectivity index (χ0v) is 14.2. The lowest BCUT2D eigenvalue weighted by Crippen LogP contribution is -2.47. The Morgan fingerprint density at radius 2 is 2.27 bits per heavy atom. The lowest BCUT2D eigenvalue weighted by Gasteiger charge is -2.31. The summed E-state index contributed by atoms with van der Waals surface area (Å²) in [6.07, 6.45) is 1.99. The van der Waals surface area contributed by atoms with Crippen LogP contribution in [0.5, 0.6) is 5.75 Å². The topological polar surface area (TPSA) is 85.6 Å². The number of rotatable bonds is 5. The SMILES string of the molecule is O=C(O)N[C@H]1CCOC[C@@H]1COc1ccc(-n2cc(Cl)cn2)c(F)c1F. The Bertz CT molecular complexity index is 802. The van der Waals surface area contributed by atoms with Crippen molar-refractivity contribution in [3.8, 4) is 11.4 Å². The molecule has 0 radical (unpaired) electrons. The van der Waals surface area contributed by atoms with Gasteiger partial charge in [-0.2, -0.15) is 9.49 Å². The molecule has 1 saturated heterocycles. The highest BCUT2D eigenvalue weighted by Crippen LogP contribution is 2.26. The molecule has 1 aromatic carbocycles. The molecular weight excluding hydrogens is 372 g/mol. The number of amides is 1. The van der Waals surface area contributed by atoms with Crippen LogP contribution in [0, 0.1) is 17.6 Å². The Hall–Kier alpha value is -2.39. The quantitative estimate of drug-likeness (QED) is 0.824. The number of nitrogens with one attached hydrogen (secondary N) is 1. The highest BCUT2D eigenvalue weighted by Gasteiger charge is 2.28. The smallest absolute Gasteiger partial charge is 0.404 e. The number of halogens is 3. The van der Waals surface area contributed by atoms with Gasteiger partial charge in [0.05, 0.1) is 24.4 Å². The molecule has 0 bridgehead atoms. The molecule has 0 spiro atoms. The van der Waals surface area contributed by atoms with Crippen molar-refractivity contribution in [2.45, 2.75) is 12.5 Å². The summed E-state index contributed by atoms with van der Waals surface area (Å²) in [6, 6.07) is 2.23. The summed E-state index contributed by atoms with van der Waals surface area (Å²) >= 11 is 5.74. The zero-order valence-electron chi connectivity index (χ0n) is 13.5. The van der Waals surface area contributed by atoms with Gasteiger partial charge in [-0.1, -0.05) is 11.6 Å². The summed E-state index contributed by atoms with van der Waals surface area (Å²) in [5.74, 6) is -2.87. The van der Waals surface area contributed by atoms with Crippen molar-refractivity contribution >= 4 is 17.7 Å². The van der Waals surface area contributed by atoms with Gasteiger partial charge in [-0.3, -0.25) is 0 Å². The maximum absolute atomic E-state index is 14.3. The Morgan fingerprint density at radius 3 is 2.96 bits per heavy atom. The van der Waals surface area contributed by atoms with E-state index >= 15 is 0 Å². The Kier molecular flexibility index (Phi) is 5.58.